The second kappa shape index (κ2) is 9.20. The molecule has 1 heterocycles. The molecular weight excluding hydrogens is 411 g/mol. The maximum Gasteiger partial charge on any atom is 0.471 e. The van der Waals surface area contributed by atoms with Crippen molar-refractivity contribution >= 4 is 23.4 Å². The topological polar surface area (TPSA) is 78.5 Å². The van der Waals surface area contributed by atoms with Crippen LogP contribution in [0.2, 0.25) is 0 Å². The zero-order chi connectivity index (χ0) is 22.6. The summed E-state index contributed by atoms with van der Waals surface area (Å²) in [5.41, 5.74) is 1.76. The Morgan fingerprint density at radius 1 is 1.13 bits per heavy atom. The molecular formula is C22H22F3N3O3. The minimum atomic E-state index is -4.95. The highest BCUT2D eigenvalue weighted by atomic mass is 19.4. The molecule has 3 amide bonds. The molecule has 0 radical (unpaired) electrons. The van der Waals surface area contributed by atoms with Gasteiger partial charge in [0, 0.05) is 25.2 Å². The van der Waals surface area contributed by atoms with E-state index in [0.717, 1.165) is 5.56 Å². The van der Waals surface area contributed by atoms with Crippen LogP contribution in [0, 0.1) is 5.92 Å². The average Bonchev–Trinajstić information content (AvgIpc) is 3.13. The molecule has 164 valence electrons. The van der Waals surface area contributed by atoms with E-state index < -0.39 is 18.0 Å². The molecule has 0 aromatic heterocycles. The third-order valence-corrected chi connectivity index (χ3v) is 5.18. The number of nitrogens with one attached hydrogen (secondary N) is 2. The van der Waals surface area contributed by atoms with Crippen molar-refractivity contribution in [2.75, 3.05) is 11.9 Å². The maximum absolute atomic E-state index is 12.7. The van der Waals surface area contributed by atoms with Gasteiger partial charge in [0.25, 0.3) is 0 Å². The number of likely N-dealkylation sites (tertiary alicyclic amines) is 1. The van der Waals surface area contributed by atoms with E-state index in [-0.39, 0.29) is 37.4 Å². The van der Waals surface area contributed by atoms with Gasteiger partial charge in [-0.3, -0.25) is 14.4 Å². The number of anilines is 1. The van der Waals surface area contributed by atoms with Crippen LogP contribution in [-0.2, 0) is 20.9 Å². The number of alkyl halides is 3. The minimum Gasteiger partial charge on any atom is -0.344 e. The van der Waals surface area contributed by atoms with Crippen LogP contribution >= 0.6 is 0 Å². The zero-order valence-corrected chi connectivity index (χ0v) is 16.8. The average molecular weight is 433 g/mol. The first-order chi connectivity index (χ1) is 14.6. The normalized spacial score (nSPS) is 17.4. The lowest BCUT2D eigenvalue weighted by Crippen LogP contribution is -2.36. The first-order valence-electron chi connectivity index (χ1n) is 9.74. The Kier molecular flexibility index (Phi) is 6.62. The molecule has 1 aliphatic rings. The van der Waals surface area contributed by atoms with E-state index in [9.17, 15) is 27.6 Å². The molecule has 2 aromatic rings. The van der Waals surface area contributed by atoms with Gasteiger partial charge in [0.15, 0.2) is 0 Å². The Morgan fingerprint density at radius 2 is 1.84 bits per heavy atom. The number of benzene rings is 2. The summed E-state index contributed by atoms with van der Waals surface area (Å²) in [6.45, 7) is 1.86. The van der Waals surface area contributed by atoms with Crippen molar-refractivity contribution < 1.29 is 27.6 Å². The van der Waals surface area contributed by atoms with E-state index >= 15 is 0 Å². The van der Waals surface area contributed by atoms with E-state index in [1.807, 2.05) is 37.3 Å². The third kappa shape index (κ3) is 5.62. The fourth-order valence-corrected chi connectivity index (χ4v) is 3.48. The van der Waals surface area contributed by atoms with Crippen molar-refractivity contribution in [2.45, 2.75) is 32.1 Å². The zero-order valence-electron chi connectivity index (χ0n) is 16.8. The lowest BCUT2D eigenvalue weighted by Gasteiger charge is -2.25. The first kappa shape index (κ1) is 22.3. The van der Waals surface area contributed by atoms with Crippen LogP contribution in [0.25, 0.3) is 0 Å². The predicted octanol–water partition coefficient (Wildman–Crippen LogP) is 3.41. The first-order valence-corrected chi connectivity index (χ1v) is 9.74. The van der Waals surface area contributed by atoms with Crippen LogP contribution in [0.4, 0.5) is 18.9 Å². The highest BCUT2D eigenvalue weighted by Crippen LogP contribution is 2.29. The van der Waals surface area contributed by atoms with Crippen molar-refractivity contribution in [3.63, 3.8) is 0 Å². The second-order valence-corrected chi connectivity index (χ2v) is 7.40. The largest absolute Gasteiger partial charge is 0.471 e. The Hall–Kier alpha value is -3.36. The van der Waals surface area contributed by atoms with Gasteiger partial charge in [-0.05, 0) is 30.2 Å². The van der Waals surface area contributed by atoms with Gasteiger partial charge in [-0.15, -0.1) is 0 Å². The molecule has 31 heavy (non-hydrogen) atoms. The fraction of sp³-hybridized carbons (Fsp3) is 0.318. The summed E-state index contributed by atoms with van der Waals surface area (Å²) in [4.78, 5) is 37.7. The Labute approximate surface area is 177 Å². The number of hydrogen-bond donors (Lipinski definition) is 2. The van der Waals surface area contributed by atoms with Crippen molar-refractivity contribution in [3.05, 3.63) is 65.7 Å². The monoisotopic (exact) mass is 433 g/mol. The molecule has 3 rings (SSSR count). The summed E-state index contributed by atoms with van der Waals surface area (Å²) in [6.07, 6.45) is -4.87. The molecule has 9 heteroatoms. The van der Waals surface area contributed by atoms with Gasteiger partial charge in [-0.25, -0.2) is 0 Å². The van der Waals surface area contributed by atoms with Gasteiger partial charge in [0.2, 0.25) is 11.8 Å². The maximum atomic E-state index is 12.7. The lowest BCUT2D eigenvalue weighted by atomic mass is 10.1. The quantitative estimate of drug-likeness (QED) is 0.733. The smallest absolute Gasteiger partial charge is 0.344 e. The number of hydrogen-bond acceptors (Lipinski definition) is 3. The molecule has 2 N–H and O–H groups in total. The van der Waals surface area contributed by atoms with Gasteiger partial charge in [0.1, 0.15) is 0 Å². The van der Waals surface area contributed by atoms with Gasteiger partial charge in [-0.2, -0.15) is 13.2 Å². The van der Waals surface area contributed by atoms with E-state index in [1.165, 1.54) is 12.1 Å². The fourth-order valence-electron chi connectivity index (χ4n) is 3.48. The number of amides is 3. The van der Waals surface area contributed by atoms with Gasteiger partial charge >= 0.3 is 12.1 Å². The van der Waals surface area contributed by atoms with E-state index in [1.54, 1.807) is 22.3 Å². The SMILES string of the molecule is CC(c1ccccc1)N1CC(C(=O)Nc2cccc(CNC(=O)C(F)(F)F)c2)CC1=O. The van der Waals surface area contributed by atoms with Crippen LogP contribution < -0.4 is 10.6 Å². The Bertz CT molecular complexity index is 963. The summed E-state index contributed by atoms with van der Waals surface area (Å²) in [5, 5.41) is 4.50. The summed E-state index contributed by atoms with van der Waals surface area (Å²) in [7, 11) is 0. The number of rotatable bonds is 6. The summed E-state index contributed by atoms with van der Waals surface area (Å²) >= 11 is 0. The molecule has 0 bridgehead atoms. The van der Waals surface area contributed by atoms with Crippen LogP contribution in [0.15, 0.2) is 54.6 Å². The highest BCUT2D eigenvalue weighted by Gasteiger charge is 2.38. The molecule has 6 nitrogen and oxygen atoms in total. The molecule has 2 unspecified atom stereocenters. The molecule has 0 spiro atoms. The van der Waals surface area contributed by atoms with Crippen LogP contribution in [0.1, 0.15) is 30.5 Å². The summed E-state index contributed by atoms with van der Waals surface area (Å²) in [5.74, 6) is -3.01. The molecule has 0 aliphatic carbocycles. The predicted molar refractivity (Wildman–Crippen MR) is 108 cm³/mol. The van der Waals surface area contributed by atoms with Crippen molar-refractivity contribution in [1.29, 1.82) is 0 Å². The molecule has 1 saturated heterocycles. The second-order valence-electron chi connectivity index (χ2n) is 7.40. The van der Waals surface area contributed by atoms with Gasteiger partial charge < -0.3 is 15.5 Å². The summed E-state index contributed by atoms with van der Waals surface area (Å²) < 4.78 is 36.9. The van der Waals surface area contributed by atoms with Gasteiger partial charge in [0.05, 0.1) is 12.0 Å². The van der Waals surface area contributed by atoms with E-state index in [2.05, 4.69) is 5.32 Å². The minimum absolute atomic E-state index is 0.0876. The molecule has 2 atom stereocenters. The van der Waals surface area contributed by atoms with Gasteiger partial charge in [-0.1, -0.05) is 42.5 Å². The number of carbonyl (C=O) groups is 3. The van der Waals surface area contributed by atoms with Crippen molar-refractivity contribution in [2.24, 2.45) is 5.92 Å². The van der Waals surface area contributed by atoms with Crippen LogP contribution in [0.3, 0.4) is 0 Å². The molecule has 0 saturated carbocycles. The van der Waals surface area contributed by atoms with E-state index in [0.29, 0.717) is 11.3 Å². The molecule has 2 aromatic carbocycles. The molecule has 1 aliphatic heterocycles. The number of halogens is 3. The Morgan fingerprint density at radius 3 is 2.52 bits per heavy atom. The van der Waals surface area contributed by atoms with Crippen LogP contribution in [0.5, 0.6) is 0 Å². The standard InChI is InChI=1S/C22H22F3N3O3/c1-14(16-7-3-2-4-8-16)28-13-17(11-19(28)29)20(30)27-18-9-5-6-15(10-18)12-26-21(31)22(23,24)25/h2-10,14,17H,11-13H2,1H3,(H,26,31)(H,27,30). The number of nitrogens with zero attached hydrogens (tertiary/aromatic N) is 1. The van der Waals surface area contributed by atoms with E-state index in [4.69, 9.17) is 0 Å². The highest BCUT2D eigenvalue weighted by molar-refractivity contribution is 5.97. The molecule has 1 fully saturated rings. The third-order valence-electron chi connectivity index (χ3n) is 5.18. The summed E-state index contributed by atoms with van der Waals surface area (Å²) in [6, 6.07) is 15.5. The van der Waals surface area contributed by atoms with Crippen molar-refractivity contribution in [3.8, 4) is 0 Å². The van der Waals surface area contributed by atoms with Crippen molar-refractivity contribution in [1.82, 2.24) is 10.2 Å². The number of carbonyl (C=O) groups excluding carboxylic acids is 3. The van der Waals surface area contributed by atoms with Crippen LogP contribution in [-0.4, -0.2) is 35.3 Å². The Balaban J connectivity index is 1.59. The lowest BCUT2D eigenvalue weighted by molar-refractivity contribution is -0.173.